The van der Waals surface area contributed by atoms with Gasteiger partial charge in [-0.3, -0.25) is 39.4 Å². The van der Waals surface area contributed by atoms with Crippen molar-refractivity contribution < 1.29 is 52.2 Å². The molecule has 0 bridgehead atoms. The molecule has 0 radical (unpaired) electrons. The van der Waals surface area contributed by atoms with Gasteiger partial charge in [0.15, 0.2) is 22.4 Å². The van der Waals surface area contributed by atoms with Gasteiger partial charge in [-0.2, -0.15) is 0 Å². The van der Waals surface area contributed by atoms with Gasteiger partial charge in [0.05, 0.1) is 18.3 Å². The van der Waals surface area contributed by atoms with Crippen molar-refractivity contribution in [3.8, 4) is 0 Å². The normalized spacial score (nSPS) is 20.4. The second-order valence-electron chi connectivity index (χ2n) is 23.8. The zero-order valence-corrected chi connectivity index (χ0v) is 50.0. The van der Waals surface area contributed by atoms with Crippen LogP contribution in [0.4, 0.5) is 0 Å². The number of aliphatic hydroxyl groups is 1. The standard InChI is InChI=1S/C29H49NO5Si.C28H49NO6Si/c1-12-25(34-9)28(35-36(10,11)29(6,7)8)20(3)16-19(2)21(4)22(5)24(31)15-13-14-23-17-26(32)30-27(33)18-23;1-11-23(34-8)27(35-36(9,10)28(5,6)7)19(3)15-18(2)26(33)20(4)22(30)14-12-13-21-16-24(31)29-25(32)17-21/h12-13,15-16,20-23,25,28H,1,14,17-18H2,2-11H3,(H,30,32,33);11,15,19-21,23,26-27,33H,1,12-14,16-17H2,2-10H3,(H,29,31,32)/b15-13+,19-16-;18-15-/t20-,21+,22+,25+,28+;19-,20-,23+,26+,27+/m11/s1. The summed E-state index contributed by atoms with van der Waals surface area (Å²) in [6.45, 7) is 43.9. The van der Waals surface area contributed by atoms with Crippen molar-refractivity contribution in [3.05, 3.63) is 60.8 Å². The monoisotopic (exact) mass is 1040 g/mol. The smallest absolute Gasteiger partial charge is 0.226 e. The molecular formula is C57H98N2O11Si2. The van der Waals surface area contributed by atoms with E-state index in [1.165, 1.54) is 0 Å². The van der Waals surface area contributed by atoms with E-state index in [0.717, 1.165) is 11.1 Å². The van der Waals surface area contributed by atoms with Crippen molar-refractivity contribution in [1.29, 1.82) is 0 Å². The molecule has 13 nitrogen and oxygen atoms in total. The Morgan fingerprint density at radius 2 is 1.06 bits per heavy atom. The zero-order valence-electron chi connectivity index (χ0n) is 48.0. The molecule has 0 saturated carbocycles. The number of hydrogen-bond acceptors (Lipinski definition) is 11. The third-order valence-electron chi connectivity index (χ3n) is 15.8. The predicted molar refractivity (Wildman–Crippen MR) is 295 cm³/mol. The molecular weight excluding hydrogens is 945 g/mol. The molecule has 10 atom stereocenters. The Bertz CT molecular complexity index is 1910. The van der Waals surface area contributed by atoms with Crippen LogP contribution >= 0.6 is 0 Å². The van der Waals surface area contributed by atoms with Crippen LogP contribution in [0.3, 0.4) is 0 Å². The molecule has 0 aromatic carbocycles. The van der Waals surface area contributed by atoms with E-state index < -0.39 is 28.7 Å². The van der Waals surface area contributed by atoms with Gasteiger partial charge in [-0.15, -0.1) is 13.2 Å². The second kappa shape index (κ2) is 29.6. The number of carbonyl (C=O) groups excluding carboxylic acids is 6. The molecule has 0 unspecified atom stereocenters. The third-order valence-corrected chi connectivity index (χ3v) is 24.8. The number of ketones is 2. The van der Waals surface area contributed by atoms with E-state index in [9.17, 15) is 33.9 Å². The minimum Gasteiger partial charge on any atom is -0.410 e. The van der Waals surface area contributed by atoms with Gasteiger partial charge in [-0.05, 0) is 98.8 Å². The van der Waals surface area contributed by atoms with Crippen LogP contribution in [-0.4, -0.2) is 102 Å². The summed E-state index contributed by atoms with van der Waals surface area (Å²) in [5, 5.41) is 15.7. The number of imide groups is 2. The van der Waals surface area contributed by atoms with Gasteiger partial charge in [0, 0.05) is 70.0 Å². The Balaban J connectivity index is 0.000000720. The second-order valence-corrected chi connectivity index (χ2v) is 33.3. The van der Waals surface area contributed by atoms with E-state index in [4.69, 9.17) is 18.3 Å². The number of allylic oxidation sites excluding steroid dienone is 3. The van der Waals surface area contributed by atoms with Gasteiger partial charge >= 0.3 is 0 Å². The quantitative estimate of drug-likeness (QED) is 0.0308. The van der Waals surface area contributed by atoms with Gasteiger partial charge in [0.1, 0.15) is 18.0 Å². The average Bonchev–Trinajstić information content (AvgIpc) is 3.26. The molecule has 0 aromatic rings. The minimum absolute atomic E-state index is 0.0156. The third kappa shape index (κ3) is 21.1. The highest BCUT2D eigenvalue weighted by Crippen LogP contribution is 2.41. The molecule has 2 rings (SSSR count). The molecule has 410 valence electrons. The number of hydrogen-bond donors (Lipinski definition) is 3. The number of rotatable bonds is 27. The molecule has 2 saturated heterocycles. The van der Waals surface area contributed by atoms with Gasteiger partial charge < -0.3 is 23.4 Å². The number of nitrogens with one attached hydrogen (secondary N) is 2. The Labute approximate surface area is 437 Å². The van der Waals surface area contributed by atoms with Crippen LogP contribution in [0.5, 0.6) is 0 Å². The van der Waals surface area contributed by atoms with Crippen LogP contribution < -0.4 is 10.6 Å². The Hall–Kier alpha value is -3.45. The summed E-state index contributed by atoms with van der Waals surface area (Å²) >= 11 is 0. The predicted octanol–water partition coefficient (Wildman–Crippen LogP) is 10.9. The molecule has 2 fully saturated rings. The van der Waals surface area contributed by atoms with Crippen LogP contribution in [0.1, 0.15) is 141 Å². The van der Waals surface area contributed by atoms with Gasteiger partial charge in [-0.25, -0.2) is 0 Å². The number of aliphatic hydroxyl groups excluding tert-OH is 1. The maximum absolute atomic E-state index is 12.9. The fourth-order valence-electron chi connectivity index (χ4n) is 8.59. The summed E-state index contributed by atoms with van der Waals surface area (Å²) < 4.78 is 24.9. The van der Waals surface area contributed by atoms with Crippen LogP contribution in [0.15, 0.2) is 60.8 Å². The molecule has 72 heavy (non-hydrogen) atoms. The number of carbonyl (C=O) groups is 6. The summed E-state index contributed by atoms with van der Waals surface area (Å²) in [5.74, 6) is -1.72. The Kier molecular flexibility index (Phi) is 27.4. The van der Waals surface area contributed by atoms with E-state index in [1.54, 1.807) is 45.4 Å². The van der Waals surface area contributed by atoms with E-state index in [0.29, 0.717) is 51.4 Å². The Morgan fingerprint density at radius 3 is 1.43 bits per heavy atom. The van der Waals surface area contributed by atoms with Crippen molar-refractivity contribution in [2.24, 2.45) is 41.4 Å². The Morgan fingerprint density at radius 1 is 0.667 bits per heavy atom. The fourth-order valence-corrected chi connectivity index (χ4v) is 11.4. The highest BCUT2D eigenvalue weighted by atomic mass is 28.4. The zero-order chi connectivity index (χ0) is 55.7. The molecule has 0 aromatic heterocycles. The van der Waals surface area contributed by atoms with Crippen LogP contribution in [0, 0.1) is 41.4 Å². The lowest BCUT2D eigenvalue weighted by atomic mass is 9.83. The highest BCUT2D eigenvalue weighted by molar-refractivity contribution is 6.74. The number of piperidine rings is 2. The summed E-state index contributed by atoms with van der Waals surface area (Å²) in [6.07, 6.45) is 12.7. The van der Waals surface area contributed by atoms with Crippen molar-refractivity contribution in [2.75, 3.05) is 14.2 Å². The summed E-state index contributed by atoms with van der Waals surface area (Å²) in [4.78, 5) is 71.8. The maximum Gasteiger partial charge on any atom is 0.226 e. The molecule has 4 amide bonds. The number of methoxy groups -OCH3 is 2. The molecule has 2 aliphatic rings. The molecule has 0 spiro atoms. The highest BCUT2D eigenvalue weighted by Gasteiger charge is 2.43. The van der Waals surface area contributed by atoms with E-state index in [2.05, 4.69) is 118 Å². The van der Waals surface area contributed by atoms with Gasteiger partial charge in [-0.1, -0.05) is 112 Å². The van der Waals surface area contributed by atoms with Crippen LogP contribution in [0.25, 0.3) is 0 Å². The first-order valence-electron chi connectivity index (χ1n) is 26.2. The first kappa shape index (κ1) is 66.6. The summed E-state index contributed by atoms with van der Waals surface area (Å²) in [7, 11) is -0.825. The number of amides is 4. The molecule has 3 N–H and O–H groups in total. The van der Waals surface area contributed by atoms with E-state index in [-0.39, 0.29) is 105 Å². The minimum atomic E-state index is -2.10. The van der Waals surface area contributed by atoms with Crippen LogP contribution in [0.2, 0.25) is 36.3 Å². The van der Waals surface area contributed by atoms with Crippen LogP contribution in [-0.2, 0) is 47.1 Å². The van der Waals surface area contributed by atoms with Gasteiger partial charge in [0.25, 0.3) is 0 Å². The summed E-state index contributed by atoms with van der Waals surface area (Å²) in [5.41, 5.74) is 1.86. The number of Topliss-reactive ketones (excluding diaryl/α,β-unsaturated/α-hetero) is 1. The molecule has 2 aliphatic heterocycles. The molecule has 2 heterocycles. The lowest BCUT2D eigenvalue weighted by molar-refractivity contribution is -0.136. The van der Waals surface area contributed by atoms with E-state index in [1.807, 2.05) is 26.8 Å². The lowest BCUT2D eigenvalue weighted by Crippen LogP contribution is -2.49. The van der Waals surface area contributed by atoms with Crippen molar-refractivity contribution >= 4 is 51.8 Å². The van der Waals surface area contributed by atoms with Crippen molar-refractivity contribution in [3.63, 3.8) is 0 Å². The maximum atomic E-state index is 12.9. The molecule has 15 heteroatoms. The SMILES string of the molecule is C=C[C@H](OC)[C@@H](O[Si](C)(C)C(C)(C)C)[C@H](C)/C=C(/C)[C@H](C)[C@H](C)C(=O)/C=C/CC1CC(=O)NC(=O)C1.C=C[C@H](OC)[C@@H](O[Si](C)(C)C(C)(C)C)[C@H](C)/C=C(/C)[C@H](O)[C@H](C)C(=O)CCCC1CC(=O)NC(=O)C1. The largest absolute Gasteiger partial charge is 0.410 e. The fraction of sp³-hybridized carbons (Fsp3) is 0.719. The number of ether oxygens (including phenoxy) is 2. The molecule has 0 aliphatic carbocycles. The lowest BCUT2D eigenvalue weighted by Gasteiger charge is -2.42. The topological polar surface area (TPSA) is 184 Å². The van der Waals surface area contributed by atoms with E-state index >= 15 is 0 Å². The van der Waals surface area contributed by atoms with Gasteiger partial charge in [0.2, 0.25) is 23.6 Å². The summed E-state index contributed by atoms with van der Waals surface area (Å²) in [6, 6.07) is 0. The van der Waals surface area contributed by atoms with Crippen molar-refractivity contribution in [1.82, 2.24) is 10.6 Å². The average molecular weight is 1040 g/mol. The van der Waals surface area contributed by atoms with Crippen molar-refractivity contribution in [2.45, 2.75) is 208 Å². The first-order chi connectivity index (χ1) is 33.1. The first-order valence-corrected chi connectivity index (χ1v) is 32.0.